The summed E-state index contributed by atoms with van der Waals surface area (Å²) in [5.41, 5.74) is 0. The third-order valence-corrected chi connectivity index (χ3v) is 1.89. The molecule has 1 radical (unpaired) electrons. The molecule has 13 heavy (non-hydrogen) atoms. The molecule has 1 amide bonds. The first kappa shape index (κ1) is 10.0. The number of amides is 1. The highest BCUT2D eigenvalue weighted by Gasteiger charge is 2.46. The lowest BCUT2D eigenvalue weighted by atomic mass is 10.2. The zero-order chi connectivity index (χ0) is 10.1. The van der Waals surface area contributed by atoms with E-state index in [9.17, 15) is 22.8 Å². The van der Waals surface area contributed by atoms with E-state index in [0.29, 0.717) is 11.3 Å². The Morgan fingerprint density at radius 2 is 2.08 bits per heavy atom. The molecule has 0 aromatic rings. The van der Waals surface area contributed by atoms with Gasteiger partial charge in [0.1, 0.15) is 0 Å². The van der Waals surface area contributed by atoms with Gasteiger partial charge < -0.3 is 4.90 Å². The van der Waals surface area contributed by atoms with E-state index in [2.05, 4.69) is 0 Å². The summed E-state index contributed by atoms with van der Waals surface area (Å²) in [6.07, 6.45) is -2.78. The number of hydrogen-bond acceptors (Lipinski definition) is 2. The standard InChI is InChI=1S/C7H7F3NO2/c8-7(9,10)6(13)11-3-1-2-5(11)4-12/h5H,1-3H2/t5-/m0/s1. The third kappa shape index (κ3) is 1.99. The van der Waals surface area contributed by atoms with Crippen LogP contribution in [0.25, 0.3) is 0 Å². The summed E-state index contributed by atoms with van der Waals surface area (Å²) in [7, 11) is 0. The Bertz CT molecular complexity index is 226. The summed E-state index contributed by atoms with van der Waals surface area (Å²) in [6, 6.07) is -1.02. The maximum absolute atomic E-state index is 11.9. The van der Waals surface area contributed by atoms with Crippen LogP contribution < -0.4 is 0 Å². The van der Waals surface area contributed by atoms with E-state index in [4.69, 9.17) is 0 Å². The average molecular weight is 194 g/mol. The van der Waals surface area contributed by atoms with Gasteiger partial charge in [0.15, 0.2) is 0 Å². The molecule has 0 N–H and O–H groups in total. The molecule has 0 aromatic carbocycles. The molecule has 73 valence electrons. The van der Waals surface area contributed by atoms with Crippen molar-refractivity contribution in [3.8, 4) is 0 Å². The van der Waals surface area contributed by atoms with Crippen molar-refractivity contribution in [1.29, 1.82) is 0 Å². The van der Waals surface area contributed by atoms with Crippen LogP contribution in [-0.4, -0.2) is 35.9 Å². The molecule has 1 fully saturated rings. The molecule has 0 aliphatic carbocycles. The van der Waals surface area contributed by atoms with Gasteiger partial charge in [0, 0.05) is 6.54 Å². The highest BCUT2D eigenvalue weighted by molar-refractivity contribution is 5.85. The second kappa shape index (κ2) is 3.35. The lowest BCUT2D eigenvalue weighted by Gasteiger charge is -2.20. The van der Waals surface area contributed by atoms with E-state index in [1.165, 1.54) is 6.29 Å². The highest BCUT2D eigenvalue weighted by atomic mass is 19.4. The molecule has 1 saturated heterocycles. The van der Waals surface area contributed by atoms with E-state index >= 15 is 0 Å². The van der Waals surface area contributed by atoms with Crippen LogP contribution in [-0.2, 0) is 9.59 Å². The minimum atomic E-state index is -4.89. The fraction of sp³-hybridized carbons (Fsp3) is 0.714. The van der Waals surface area contributed by atoms with Gasteiger partial charge in [-0.25, -0.2) is 0 Å². The normalized spacial score (nSPS) is 23.3. The number of likely N-dealkylation sites (tertiary alicyclic amines) is 1. The molecule has 1 rings (SSSR count). The first-order valence-electron chi connectivity index (χ1n) is 3.72. The molecule has 1 heterocycles. The largest absolute Gasteiger partial charge is 0.471 e. The number of alkyl halides is 3. The van der Waals surface area contributed by atoms with Gasteiger partial charge in [-0.15, -0.1) is 0 Å². The molecule has 0 spiro atoms. The molecule has 0 saturated carbocycles. The van der Waals surface area contributed by atoms with E-state index in [-0.39, 0.29) is 13.0 Å². The topological polar surface area (TPSA) is 37.4 Å². The molecule has 0 aromatic heterocycles. The van der Waals surface area contributed by atoms with Crippen molar-refractivity contribution in [2.24, 2.45) is 0 Å². The molecular formula is C7H7F3NO2. The third-order valence-electron chi connectivity index (χ3n) is 1.89. The van der Waals surface area contributed by atoms with Crippen molar-refractivity contribution in [1.82, 2.24) is 4.90 Å². The van der Waals surface area contributed by atoms with Crippen LogP contribution in [0.3, 0.4) is 0 Å². The minimum absolute atomic E-state index is 0.0156. The van der Waals surface area contributed by atoms with Gasteiger partial charge in [0.05, 0.1) is 6.04 Å². The van der Waals surface area contributed by atoms with E-state index < -0.39 is 18.1 Å². The predicted octanol–water partition coefficient (Wildman–Crippen LogP) is 0.649. The molecule has 6 heteroatoms. The van der Waals surface area contributed by atoms with Crippen molar-refractivity contribution < 1.29 is 22.8 Å². The Hall–Kier alpha value is -1.07. The second-order valence-corrected chi connectivity index (χ2v) is 2.77. The Morgan fingerprint density at radius 1 is 1.46 bits per heavy atom. The number of carbonyl (C=O) groups is 1. The van der Waals surface area contributed by atoms with Crippen LogP contribution >= 0.6 is 0 Å². The van der Waals surface area contributed by atoms with Gasteiger partial charge in [-0.1, -0.05) is 0 Å². The zero-order valence-electron chi connectivity index (χ0n) is 6.60. The van der Waals surface area contributed by atoms with Gasteiger partial charge in [-0.05, 0) is 12.8 Å². The molecule has 1 aliphatic rings. The molecular weight excluding hydrogens is 187 g/mol. The summed E-state index contributed by atoms with van der Waals surface area (Å²) < 4.78 is 35.7. The summed E-state index contributed by atoms with van der Waals surface area (Å²) in [6.45, 7) is -0.0156. The van der Waals surface area contributed by atoms with Crippen LogP contribution in [0.2, 0.25) is 0 Å². The average Bonchev–Trinajstić information content (AvgIpc) is 2.48. The van der Waals surface area contributed by atoms with E-state index in [1.54, 1.807) is 0 Å². The van der Waals surface area contributed by atoms with Crippen molar-refractivity contribution in [2.45, 2.75) is 25.1 Å². The van der Waals surface area contributed by atoms with Crippen molar-refractivity contribution in [3.05, 3.63) is 0 Å². The van der Waals surface area contributed by atoms with Gasteiger partial charge >= 0.3 is 12.1 Å². The van der Waals surface area contributed by atoms with Crippen LogP contribution in [0, 0.1) is 0 Å². The molecule has 1 atom stereocenters. The van der Waals surface area contributed by atoms with Gasteiger partial charge in [-0.3, -0.25) is 9.59 Å². The van der Waals surface area contributed by atoms with Crippen LogP contribution in [0.1, 0.15) is 12.8 Å². The van der Waals surface area contributed by atoms with Gasteiger partial charge in [0.2, 0.25) is 6.29 Å². The Balaban J connectivity index is 2.71. The van der Waals surface area contributed by atoms with Crippen molar-refractivity contribution >= 4 is 12.2 Å². The quantitative estimate of drug-likeness (QED) is 0.614. The van der Waals surface area contributed by atoms with E-state index in [1.807, 2.05) is 0 Å². The monoisotopic (exact) mass is 194 g/mol. The Labute approximate surface area is 72.5 Å². The summed E-state index contributed by atoms with van der Waals surface area (Å²) in [5.74, 6) is -1.95. The SMILES string of the molecule is O=[C][C@@H]1CCCN1C(=O)C(F)(F)F. The predicted molar refractivity (Wildman–Crippen MR) is 36.5 cm³/mol. The van der Waals surface area contributed by atoms with Crippen LogP contribution in [0.5, 0.6) is 0 Å². The fourth-order valence-electron chi connectivity index (χ4n) is 1.30. The number of rotatable bonds is 1. The highest BCUT2D eigenvalue weighted by Crippen LogP contribution is 2.24. The molecule has 0 unspecified atom stereocenters. The van der Waals surface area contributed by atoms with E-state index in [0.717, 1.165) is 0 Å². The van der Waals surface area contributed by atoms with Gasteiger partial charge in [0.25, 0.3) is 0 Å². The van der Waals surface area contributed by atoms with Crippen molar-refractivity contribution in [3.63, 3.8) is 0 Å². The number of hydrogen-bond donors (Lipinski definition) is 0. The van der Waals surface area contributed by atoms with Crippen molar-refractivity contribution in [2.75, 3.05) is 6.54 Å². The molecule has 0 bridgehead atoms. The summed E-state index contributed by atoms with van der Waals surface area (Å²) >= 11 is 0. The van der Waals surface area contributed by atoms with Crippen LogP contribution in [0.4, 0.5) is 13.2 Å². The lowest BCUT2D eigenvalue weighted by molar-refractivity contribution is -0.185. The number of nitrogens with zero attached hydrogens (tertiary/aromatic N) is 1. The van der Waals surface area contributed by atoms with Gasteiger partial charge in [-0.2, -0.15) is 13.2 Å². The maximum Gasteiger partial charge on any atom is 0.471 e. The summed E-state index contributed by atoms with van der Waals surface area (Å²) in [4.78, 5) is 21.3. The number of carbonyl (C=O) groups excluding carboxylic acids is 2. The number of halogens is 3. The minimum Gasteiger partial charge on any atom is -0.324 e. The Morgan fingerprint density at radius 3 is 2.54 bits per heavy atom. The zero-order valence-corrected chi connectivity index (χ0v) is 6.60. The lowest BCUT2D eigenvalue weighted by Crippen LogP contribution is -2.44. The molecule has 1 aliphatic heterocycles. The Kier molecular flexibility index (Phi) is 2.58. The fourth-order valence-corrected chi connectivity index (χ4v) is 1.30. The van der Waals surface area contributed by atoms with Crippen LogP contribution in [0.15, 0.2) is 0 Å². The maximum atomic E-state index is 11.9. The molecule has 3 nitrogen and oxygen atoms in total. The second-order valence-electron chi connectivity index (χ2n) is 2.77. The summed E-state index contributed by atoms with van der Waals surface area (Å²) in [5, 5.41) is 0. The smallest absolute Gasteiger partial charge is 0.324 e. The first-order chi connectivity index (χ1) is 5.96. The first-order valence-corrected chi connectivity index (χ1v) is 3.72.